The van der Waals surface area contributed by atoms with Crippen molar-refractivity contribution in [2.45, 2.75) is 32.0 Å². The third-order valence-electron chi connectivity index (χ3n) is 5.75. The van der Waals surface area contributed by atoms with Crippen LogP contribution in [0.15, 0.2) is 72.9 Å². The zero-order chi connectivity index (χ0) is 24.7. The van der Waals surface area contributed by atoms with Crippen molar-refractivity contribution in [3.05, 3.63) is 95.3 Å². The number of aromatic nitrogens is 1. The highest BCUT2D eigenvalue weighted by molar-refractivity contribution is 7.88. The van der Waals surface area contributed by atoms with Crippen molar-refractivity contribution in [1.82, 2.24) is 14.0 Å². The lowest BCUT2D eigenvalue weighted by Crippen LogP contribution is -2.37. The molecule has 4 rings (SSSR count). The van der Waals surface area contributed by atoms with Gasteiger partial charge in [-0.05, 0) is 54.6 Å². The molecule has 1 saturated heterocycles. The van der Waals surface area contributed by atoms with Crippen LogP contribution >= 0.6 is 0 Å². The summed E-state index contributed by atoms with van der Waals surface area (Å²) in [6.07, 6.45) is 1.61. The van der Waals surface area contributed by atoms with Crippen molar-refractivity contribution in [2.24, 2.45) is 0 Å². The molecule has 0 aliphatic carbocycles. The van der Waals surface area contributed by atoms with Gasteiger partial charge >= 0.3 is 22.3 Å². The fourth-order valence-corrected chi connectivity index (χ4v) is 5.01. The van der Waals surface area contributed by atoms with Crippen LogP contribution in [-0.4, -0.2) is 37.5 Å². The summed E-state index contributed by atoms with van der Waals surface area (Å²) in [5, 5.41) is 3.26. The lowest BCUT2D eigenvalue weighted by Gasteiger charge is -2.23. The predicted molar refractivity (Wildman–Crippen MR) is 129 cm³/mol. The van der Waals surface area contributed by atoms with Crippen LogP contribution < -0.4 is 10.0 Å². The van der Waals surface area contributed by atoms with Gasteiger partial charge in [0, 0.05) is 6.20 Å². The van der Waals surface area contributed by atoms with Crippen LogP contribution in [0.4, 0.5) is 4.79 Å². The van der Waals surface area contributed by atoms with E-state index >= 15 is 0 Å². The number of carbonyl (C=O) groups is 2. The van der Waals surface area contributed by atoms with Gasteiger partial charge < -0.3 is 14.8 Å². The van der Waals surface area contributed by atoms with Gasteiger partial charge in [0.05, 0.1) is 0 Å². The smallest absolute Gasteiger partial charge is 0.422 e. The molecule has 184 valence electrons. The van der Waals surface area contributed by atoms with Gasteiger partial charge in [-0.2, -0.15) is 8.42 Å². The van der Waals surface area contributed by atoms with E-state index in [0.29, 0.717) is 11.1 Å². The van der Waals surface area contributed by atoms with Gasteiger partial charge in [0.25, 0.3) is 0 Å². The van der Waals surface area contributed by atoms with Crippen molar-refractivity contribution in [3.63, 3.8) is 0 Å². The molecule has 1 amide bonds. The van der Waals surface area contributed by atoms with E-state index in [0.717, 1.165) is 35.5 Å². The maximum Gasteiger partial charge on any atom is 0.422 e. The van der Waals surface area contributed by atoms with E-state index in [1.807, 2.05) is 29.0 Å². The van der Waals surface area contributed by atoms with Crippen molar-refractivity contribution in [3.8, 4) is 0 Å². The average Bonchev–Trinajstić information content (AvgIpc) is 3.34. The summed E-state index contributed by atoms with van der Waals surface area (Å²) in [5.41, 5.74) is 1.94. The number of hydrogen-bond donors (Lipinski definition) is 2. The van der Waals surface area contributed by atoms with Crippen molar-refractivity contribution < 1.29 is 27.5 Å². The number of benzene rings is 2. The Morgan fingerprint density at radius 3 is 2.06 bits per heavy atom. The number of amides is 1. The molecule has 10 heteroatoms. The first-order chi connectivity index (χ1) is 16.9. The van der Waals surface area contributed by atoms with E-state index in [1.165, 1.54) is 6.20 Å². The molecule has 2 aromatic carbocycles. The number of nitrogens with one attached hydrogen (secondary N) is 2. The Morgan fingerprint density at radius 1 is 0.886 bits per heavy atom. The minimum atomic E-state index is -4.46. The van der Waals surface area contributed by atoms with E-state index < -0.39 is 22.3 Å². The van der Waals surface area contributed by atoms with Crippen molar-refractivity contribution >= 4 is 22.3 Å². The third-order valence-corrected chi connectivity index (χ3v) is 7.00. The number of esters is 1. The minimum absolute atomic E-state index is 0.0108. The summed E-state index contributed by atoms with van der Waals surface area (Å²) >= 11 is 0. The Bertz CT molecular complexity index is 1250. The second kappa shape index (κ2) is 11.2. The molecule has 0 spiro atoms. The van der Waals surface area contributed by atoms with Crippen LogP contribution in [0.5, 0.6) is 0 Å². The summed E-state index contributed by atoms with van der Waals surface area (Å²) in [6, 6.07) is 19.6. The predicted octanol–water partition coefficient (Wildman–Crippen LogP) is 3.33. The Hall–Kier alpha value is -3.63. The quantitative estimate of drug-likeness (QED) is 0.459. The topological polar surface area (TPSA) is 116 Å². The number of hydrogen-bond acceptors (Lipinski definition) is 7. The van der Waals surface area contributed by atoms with Crippen LogP contribution in [-0.2, 0) is 32.9 Å². The highest BCUT2D eigenvalue weighted by Crippen LogP contribution is 2.30. The van der Waals surface area contributed by atoms with E-state index in [4.69, 9.17) is 9.47 Å². The van der Waals surface area contributed by atoms with Gasteiger partial charge in [0.15, 0.2) is 0 Å². The van der Waals surface area contributed by atoms with E-state index in [2.05, 4.69) is 5.32 Å². The zero-order valence-corrected chi connectivity index (χ0v) is 19.9. The molecular weight excluding hydrogens is 470 g/mol. The molecule has 0 atom stereocenters. The van der Waals surface area contributed by atoms with E-state index in [1.54, 1.807) is 42.5 Å². The summed E-state index contributed by atoms with van der Waals surface area (Å²) in [6.45, 7) is 1.40. The van der Waals surface area contributed by atoms with Gasteiger partial charge in [-0.25, -0.2) is 18.3 Å². The average molecular weight is 498 g/mol. The summed E-state index contributed by atoms with van der Waals surface area (Å²) < 4.78 is 39.3. The number of carbonyl (C=O) groups excluding carboxylic acids is 2. The maximum absolute atomic E-state index is 13.1. The van der Waals surface area contributed by atoms with Crippen LogP contribution in [0.25, 0.3) is 0 Å². The number of nitrogens with zero attached hydrogens (tertiary/aromatic N) is 1. The lowest BCUT2D eigenvalue weighted by molar-refractivity contribution is 0.0462. The molecule has 0 radical (unpaired) electrons. The van der Waals surface area contributed by atoms with Crippen molar-refractivity contribution in [1.29, 1.82) is 0 Å². The van der Waals surface area contributed by atoms with Crippen LogP contribution in [0.3, 0.4) is 0 Å². The summed E-state index contributed by atoms with van der Waals surface area (Å²) in [7, 11) is -4.46. The number of ether oxygens (including phenoxy) is 2. The monoisotopic (exact) mass is 497 g/mol. The fourth-order valence-electron chi connectivity index (χ4n) is 4.00. The molecule has 0 saturated carbocycles. The molecule has 1 fully saturated rings. The molecule has 2 N–H and O–H groups in total. The summed E-state index contributed by atoms with van der Waals surface area (Å²) in [5.74, 6) is -0.799. The molecule has 1 aromatic heterocycles. The highest BCUT2D eigenvalue weighted by Gasteiger charge is 2.31. The molecule has 0 bridgehead atoms. The second-order valence-electron chi connectivity index (χ2n) is 8.17. The lowest BCUT2D eigenvalue weighted by atomic mass is 9.90. The molecule has 9 nitrogen and oxygen atoms in total. The largest absolute Gasteiger partial charge is 0.456 e. The molecular formula is C25H27N3O6S. The maximum atomic E-state index is 13.1. The van der Waals surface area contributed by atoms with Crippen LogP contribution in [0, 0.1) is 0 Å². The van der Waals surface area contributed by atoms with Crippen LogP contribution in [0.1, 0.15) is 45.9 Å². The first-order valence-electron chi connectivity index (χ1n) is 11.3. The number of piperidine rings is 1. The molecule has 3 aromatic rings. The standard InChI is InChI=1S/C25H27N3O6S/c29-24(33-17-19-7-3-1-4-8-19)23-22(21-11-14-26-15-12-21)13-16-28(23)35(31,32)27-25(30)34-18-20-9-5-2-6-10-20/h1-10,13,16,21,26H,11-12,14-15,17-18H2,(H,27,30). The van der Waals surface area contributed by atoms with Gasteiger partial charge in [-0.1, -0.05) is 60.7 Å². The van der Waals surface area contributed by atoms with E-state index in [9.17, 15) is 18.0 Å². The molecule has 0 unspecified atom stereocenters. The minimum Gasteiger partial charge on any atom is -0.456 e. The van der Waals surface area contributed by atoms with Gasteiger partial charge in [0.1, 0.15) is 18.9 Å². The first kappa shape index (κ1) is 24.5. The van der Waals surface area contributed by atoms with Gasteiger partial charge in [-0.3, -0.25) is 0 Å². The Balaban J connectivity index is 1.54. The Labute approximate surface area is 204 Å². The number of rotatable bonds is 8. The second-order valence-corrected chi connectivity index (χ2v) is 9.72. The van der Waals surface area contributed by atoms with Crippen LogP contribution in [0.2, 0.25) is 0 Å². The first-order valence-corrected chi connectivity index (χ1v) is 12.7. The summed E-state index contributed by atoms with van der Waals surface area (Å²) in [4.78, 5) is 25.4. The highest BCUT2D eigenvalue weighted by atomic mass is 32.2. The fraction of sp³-hybridized carbons (Fsp3) is 0.280. The third kappa shape index (κ3) is 6.28. The Kier molecular flexibility index (Phi) is 7.84. The SMILES string of the molecule is O=C(NS(=O)(=O)n1ccc(C2CCNCC2)c1C(=O)OCc1ccccc1)OCc1ccccc1. The van der Waals surface area contributed by atoms with Gasteiger partial charge in [0.2, 0.25) is 0 Å². The molecule has 1 aliphatic heterocycles. The molecule has 1 aliphatic rings. The zero-order valence-electron chi connectivity index (χ0n) is 19.1. The molecule has 35 heavy (non-hydrogen) atoms. The van der Waals surface area contributed by atoms with Gasteiger partial charge in [-0.15, -0.1) is 0 Å². The normalized spacial score (nSPS) is 14.3. The van der Waals surface area contributed by atoms with E-state index in [-0.39, 0.29) is 24.8 Å². The van der Waals surface area contributed by atoms with Crippen molar-refractivity contribution in [2.75, 3.05) is 13.1 Å². The molecule has 2 heterocycles. The Morgan fingerprint density at radius 2 is 1.46 bits per heavy atom.